The summed E-state index contributed by atoms with van der Waals surface area (Å²) in [5.41, 5.74) is 2.17. The Balaban J connectivity index is 1.50. The van der Waals surface area contributed by atoms with E-state index in [0.29, 0.717) is 12.4 Å². The molecule has 1 aliphatic rings. The summed E-state index contributed by atoms with van der Waals surface area (Å²) in [4.78, 5) is 23.9. The van der Waals surface area contributed by atoms with Gasteiger partial charge in [-0.2, -0.15) is 0 Å². The van der Waals surface area contributed by atoms with Gasteiger partial charge in [0, 0.05) is 30.0 Å². The minimum absolute atomic E-state index is 0.0248. The van der Waals surface area contributed by atoms with Gasteiger partial charge in [-0.05, 0) is 25.0 Å². The average molecular weight is 281 g/mol. The van der Waals surface area contributed by atoms with Crippen molar-refractivity contribution in [1.29, 1.82) is 0 Å². The van der Waals surface area contributed by atoms with Crippen LogP contribution in [0.2, 0.25) is 0 Å². The number of aryl methyl sites for hydroxylation is 1. The maximum absolute atomic E-state index is 12.4. The summed E-state index contributed by atoms with van der Waals surface area (Å²) in [6.45, 7) is 0.688. The van der Waals surface area contributed by atoms with Gasteiger partial charge in [0.25, 0.3) is 0 Å². The van der Waals surface area contributed by atoms with Gasteiger partial charge in [0.05, 0.1) is 24.0 Å². The molecule has 0 spiro atoms. The summed E-state index contributed by atoms with van der Waals surface area (Å²) < 4.78 is 2.05. The predicted octanol–water partition coefficient (Wildman–Crippen LogP) is 1.96. The summed E-state index contributed by atoms with van der Waals surface area (Å²) in [5, 5.41) is 3.96. The second kappa shape index (κ2) is 4.73. The first kappa shape index (κ1) is 12.1. The van der Waals surface area contributed by atoms with Crippen molar-refractivity contribution >= 4 is 22.6 Å². The first-order valence-electron chi connectivity index (χ1n) is 7.02. The molecule has 1 atom stereocenters. The lowest BCUT2D eigenvalue weighted by Crippen LogP contribution is -2.31. The van der Waals surface area contributed by atoms with Gasteiger partial charge in [-0.25, -0.2) is 9.97 Å². The number of aromatic nitrogens is 4. The quantitative estimate of drug-likeness (QED) is 0.754. The maximum Gasteiger partial charge on any atom is 0.230 e. The highest BCUT2D eigenvalue weighted by Gasteiger charge is 2.24. The number of pyridine rings is 1. The van der Waals surface area contributed by atoms with Crippen LogP contribution in [0.3, 0.4) is 0 Å². The van der Waals surface area contributed by atoms with E-state index in [1.54, 1.807) is 12.5 Å². The molecule has 0 aliphatic carbocycles. The van der Waals surface area contributed by atoms with Crippen molar-refractivity contribution in [2.45, 2.75) is 19.4 Å². The molecule has 1 amide bonds. The molecule has 3 aromatic rings. The second-order valence-electron chi connectivity index (χ2n) is 5.40. The van der Waals surface area contributed by atoms with Gasteiger partial charge in [-0.3, -0.25) is 4.79 Å². The first-order valence-corrected chi connectivity index (χ1v) is 7.02. The molecule has 0 aromatic carbocycles. The van der Waals surface area contributed by atoms with Crippen molar-refractivity contribution in [2.24, 2.45) is 5.92 Å². The highest BCUT2D eigenvalue weighted by Crippen LogP contribution is 2.21. The van der Waals surface area contributed by atoms with Crippen molar-refractivity contribution in [3.05, 3.63) is 42.7 Å². The zero-order valence-corrected chi connectivity index (χ0v) is 11.4. The van der Waals surface area contributed by atoms with E-state index in [2.05, 4.69) is 24.8 Å². The van der Waals surface area contributed by atoms with Crippen LogP contribution in [-0.2, 0) is 17.8 Å². The second-order valence-corrected chi connectivity index (χ2v) is 5.40. The Hall–Kier alpha value is -2.63. The Morgan fingerprint density at radius 1 is 1.43 bits per heavy atom. The third-order valence-corrected chi connectivity index (χ3v) is 4.02. The maximum atomic E-state index is 12.4. The lowest BCUT2D eigenvalue weighted by atomic mass is 9.97. The average Bonchev–Trinajstić information content (AvgIpc) is 3.14. The summed E-state index contributed by atoms with van der Waals surface area (Å²) >= 11 is 0. The molecule has 106 valence electrons. The number of anilines is 1. The minimum atomic E-state index is -0.0320. The molecule has 6 heteroatoms. The van der Waals surface area contributed by atoms with E-state index < -0.39 is 0 Å². The Morgan fingerprint density at radius 3 is 3.33 bits per heavy atom. The van der Waals surface area contributed by atoms with Crippen molar-refractivity contribution < 1.29 is 4.79 Å². The van der Waals surface area contributed by atoms with Gasteiger partial charge in [0.15, 0.2) is 0 Å². The fourth-order valence-corrected chi connectivity index (χ4v) is 2.83. The van der Waals surface area contributed by atoms with Crippen molar-refractivity contribution in [2.75, 3.05) is 5.32 Å². The molecule has 4 heterocycles. The monoisotopic (exact) mass is 281 g/mol. The summed E-state index contributed by atoms with van der Waals surface area (Å²) in [6.07, 6.45) is 9.00. The van der Waals surface area contributed by atoms with E-state index in [4.69, 9.17) is 0 Å². The fourth-order valence-electron chi connectivity index (χ4n) is 2.83. The van der Waals surface area contributed by atoms with Crippen LogP contribution >= 0.6 is 0 Å². The van der Waals surface area contributed by atoms with Crippen molar-refractivity contribution in [3.63, 3.8) is 0 Å². The molecule has 0 bridgehead atoms. The standard InChI is InChI=1S/C15H15N5O/c21-15(11-1-2-12-6-16-9-20(12)8-11)19-14-5-10-3-4-17-13(10)7-18-14/h3-7,9,11,17H,1-2,8H2,(H,18,19,21). The number of hydrogen-bond acceptors (Lipinski definition) is 3. The molecular formula is C15H15N5O. The van der Waals surface area contributed by atoms with Gasteiger partial charge in [0.1, 0.15) is 5.82 Å². The van der Waals surface area contributed by atoms with Crippen LogP contribution in [0.1, 0.15) is 12.1 Å². The molecule has 0 radical (unpaired) electrons. The Kier molecular flexibility index (Phi) is 2.73. The van der Waals surface area contributed by atoms with E-state index in [1.807, 2.05) is 24.5 Å². The molecule has 6 nitrogen and oxygen atoms in total. The van der Waals surface area contributed by atoms with Crippen molar-refractivity contribution in [3.8, 4) is 0 Å². The molecule has 0 saturated heterocycles. The Bertz CT molecular complexity index is 803. The highest BCUT2D eigenvalue weighted by atomic mass is 16.2. The SMILES string of the molecule is O=C(Nc1cc2cc[nH]c2cn1)C1CCc2cncn2C1. The van der Waals surface area contributed by atoms with Gasteiger partial charge < -0.3 is 14.9 Å². The summed E-state index contributed by atoms with van der Waals surface area (Å²) in [7, 11) is 0. The molecule has 0 fully saturated rings. The zero-order valence-electron chi connectivity index (χ0n) is 11.4. The molecule has 2 N–H and O–H groups in total. The first-order chi connectivity index (χ1) is 10.3. The predicted molar refractivity (Wildman–Crippen MR) is 78.8 cm³/mol. The third-order valence-electron chi connectivity index (χ3n) is 4.02. The number of rotatable bonds is 2. The van der Waals surface area contributed by atoms with Crippen LogP contribution in [-0.4, -0.2) is 25.4 Å². The van der Waals surface area contributed by atoms with E-state index >= 15 is 0 Å². The third kappa shape index (κ3) is 2.18. The van der Waals surface area contributed by atoms with Crippen LogP contribution in [0.25, 0.3) is 10.9 Å². The Morgan fingerprint density at radius 2 is 2.38 bits per heavy atom. The topological polar surface area (TPSA) is 75.6 Å². The molecule has 0 saturated carbocycles. The summed E-state index contributed by atoms with van der Waals surface area (Å²) in [5.74, 6) is 0.593. The highest BCUT2D eigenvalue weighted by molar-refractivity contribution is 5.93. The smallest absolute Gasteiger partial charge is 0.230 e. The van der Waals surface area contributed by atoms with Gasteiger partial charge >= 0.3 is 0 Å². The number of nitrogens with zero attached hydrogens (tertiary/aromatic N) is 3. The van der Waals surface area contributed by atoms with Crippen molar-refractivity contribution in [1.82, 2.24) is 19.5 Å². The molecule has 3 aromatic heterocycles. The fraction of sp³-hybridized carbons (Fsp3) is 0.267. The number of aromatic amines is 1. The number of hydrogen-bond donors (Lipinski definition) is 2. The van der Waals surface area contributed by atoms with Crippen LogP contribution in [0.15, 0.2) is 37.1 Å². The lowest BCUT2D eigenvalue weighted by Gasteiger charge is -2.23. The largest absolute Gasteiger partial charge is 0.360 e. The van der Waals surface area contributed by atoms with E-state index in [-0.39, 0.29) is 11.8 Å². The number of nitrogens with one attached hydrogen (secondary N) is 2. The van der Waals surface area contributed by atoms with Crippen LogP contribution in [0, 0.1) is 5.92 Å². The summed E-state index contributed by atoms with van der Waals surface area (Å²) in [6, 6.07) is 3.85. The number of carbonyl (C=O) groups excluding carboxylic acids is 1. The zero-order chi connectivity index (χ0) is 14.2. The van der Waals surface area contributed by atoms with E-state index in [9.17, 15) is 4.79 Å². The number of carbonyl (C=O) groups is 1. The van der Waals surface area contributed by atoms with Gasteiger partial charge in [0.2, 0.25) is 5.91 Å². The van der Waals surface area contributed by atoms with E-state index in [0.717, 1.165) is 23.7 Å². The number of H-pyrrole nitrogens is 1. The number of fused-ring (bicyclic) bond motifs is 2. The lowest BCUT2D eigenvalue weighted by molar-refractivity contribution is -0.120. The minimum Gasteiger partial charge on any atom is -0.360 e. The molecule has 4 rings (SSSR count). The molecule has 1 aliphatic heterocycles. The van der Waals surface area contributed by atoms with Crippen LogP contribution in [0.4, 0.5) is 5.82 Å². The van der Waals surface area contributed by atoms with Gasteiger partial charge in [-0.1, -0.05) is 0 Å². The molecule has 21 heavy (non-hydrogen) atoms. The Labute approximate surface area is 121 Å². The number of amides is 1. The molecule has 1 unspecified atom stereocenters. The van der Waals surface area contributed by atoms with Crippen LogP contribution < -0.4 is 5.32 Å². The van der Waals surface area contributed by atoms with Gasteiger partial charge in [-0.15, -0.1) is 0 Å². The normalized spacial score (nSPS) is 17.6. The molecular weight excluding hydrogens is 266 g/mol. The van der Waals surface area contributed by atoms with Crippen LogP contribution in [0.5, 0.6) is 0 Å². The number of imidazole rings is 1. The van der Waals surface area contributed by atoms with E-state index in [1.165, 1.54) is 5.69 Å².